The largest absolute Gasteiger partial charge is 0.339 e. The van der Waals surface area contributed by atoms with Crippen molar-refractivity contribution in [3.63, 3.8) is 0 Å². The van der Waals surface area contributed by atoms with Gasteiger partial charge >= 0.3 is 0 Å². The number of nitrogens with zero attached hydrogens (tertiary/aromatic N) is 2. The summed E-state index contributed by atoms with van der Waals surface area (Å²) in [5.74, 6) is -0.534. The van der Waals surface area contributed by atoms with E-state index in [2.05, 4.69) is 5.32 Å². The predicted molar refractivity (Wildman–Crippen MR) is 110 cm³/mol. The second-order valence-corrected chi connectivity index (χ2v) is 7.50. The molecule has 27 heavy (non-hydrogen) atoms. The van der Waals surface area contributed by atoms with Crippen molar-refractivity contribution in [1.82, 2.24) is 9.80 Å². The average molecular weight is 423 g/mol. The Balaban J connectivity index is 0.00000338. The third-order valence-electron chi connectivity index (χ3n) is 4.38. The summed E-state index contributed by atoms with van der Waals surface area (Å²) in [4.78, 5) is 28.2. The summed E-state index contributed by atoms with van der Waals surface area (Å²) in [5, 5.41) is 2.74. The van der Waals surface area contributed by atoms with E-state index in [0.29, 0.717) is 31.9 Å². The molecule has 1 atom stereocenters. The maximum atomic E-state index is 12.9. The summed E-state index contributed by atoms with van der Waals surface area (Å²) in [7, 11) is 0. The van der Waals surface area contributed by atoms with Gasteiger partial charge in [-0.1, -0.05) is 20.8 Å². The normalized spacial score (nSPS) is 16.0. The minimum atomic E-state index is -0.527. The third kappa shape index (κ3) is 7.62. The Bertz CT molecular complexity index is 615. The average Bonchev–Trinajstić information content (AvgIpc) is 2.55. The van der Waals surface area contributed by atoms with Crippen molar-refractivity contribution in [2.75, 3.05) is 38.0 Å². The van der Waals surface area contributed by atoms with E-state index in [0.717, 1.165) is 0 Å². The molecule has 3 N–H and O–H groups in total. The highest BCUT2D eigenvalue weighted by Crippen LogP contribution is 2.19. The minimum absolute atomic E-state index is 0. The van der Waals surface area contributed by atoms with Crippen LogP contribution in [0.15, 0.2) is 24.3 Å². The van der Waals surface area contributed by atoms with Gasteiger partial charge in [-0.2, -0.15) is 0 Å². The maximum absolute atomic E-state index is 12.9. The van der Waals surface area contributed by atoms with Crippen LogP contribution < -0.4 is 11.1 Å². The number of hydrogen-bond donors (Lipinski definition) is 2. The maximum Gasteiger partial charge on any atom is 0.240 e. The number of halogens is 3. The van der Waals surface area contributed by atoms with E-state index in [1.54, 1.807) is 4.90 Å². The van der Waals surface area contributed by atoms with E-state index in [4.69, 9.17) is 5.73 Å². The van der Waals surface area contributed by atoms with Crippen LogP contribution in [0.25, 0.3) is 0 Å². The van der Waals surface area contributed by atoms with E-state index in [1.807, 2.05) is 25.7 Å². The van der Waals surface area contributed by atoms with Crippen molar-refractivity contribution in [2.45, 2.75) is 26.8 Å². The molecule has 1 saturated heterocycles. The van der Waals surface area contributed by atoms with E-state index >= 15 is 0 Å². The van der Waals surface area contributed by atoms with Crippen molar-refractivity contribution in [3.05, 3.63) is 30.1 Å². The van der Waals surface area contributed by atoms with Crippen molar-refractivity contribution >= 4 is 42.3 Å². The number of benzene rings is 1. The molecule has 0 bridgehead atoms. The summed E-state index contributed by atoms with van der Waals surface area (Å²) in [6, 6.07) is 5.13. The van der Waals surface area contributed by atoms with Gasteiger partial charge in [-0.25, -0.2) is 4.39 Å². The molecule has 154 valence electrons. The molecule has 6 nitrogen and oxygen atoms in total. The molecular formula is C18H29Cl2FN4O2. The Labute approximate surface area is 172 Å². The Morgan fingerprint density at radius 1 is 1.11 bits per heavy atom. The number of carbonyl (C=O) groups is 2. The molecule has 2 rings (SSSR count). The van der Waals surface area contributed by atoms with Gasteiger partial charge in [-0.3, -0.25) is 14.5 Å². The Hall–Kier alpha value is -1.41. The number of hydrogen-bond acceptors (Lipinski definition) is 4. The summed E-state index contributed by atoms with van der Waals surface area (Å²) in [6.07, 6.45) is 0. The summed E-state index contributed by atoms with van der Waals surface area (Å²) < 4.78 is 12.9. The second kappa shape index (κ2) is 10.8. The van der Waals surface area contributed by atoms with E-state index in [9.17, 15) is 14.0 Å². The van der Waals surface area contributed by atoms with Crippen molar-refractivity contribution in [2.24, 2.45) is 11.1 Å². The zero-order valence-corrected chi connectivity index (χ0v) is 17.5. The van der Waals surface area contributed by atoms with Crippen LogP contribution in [0.5, 0.6) is 0 Å². The van der Waals surface area contributed by atoms with E-state index in [1.165, 1.54) is 24.3 Å². The van der Waals surface area contributed by atoms with Crippen molar-refractivity contribution in [1.29, 1.82) is 0 Å². The number of amides is 2. The van der Waals surface area contributed by atoms with Crippen LogP contribution in [0.4, 0.5) is 10.1 Å². The first-order chi connectivity index (χ1) is 11.7. The van der Waals surface area contributed by atoms with E-state index < -0.39 is 6.04 Å². The van der Waals surface area contributed by atoms with Crippen molar-refractivity contribution < 1.29 is 14.0 Å². The molecule has 1 aliphatic heterocycles. The predicted octanol–water partition coefficient (Wildman–Crippen LogP) is 2.13. The number of rotatable bonds is 4. The fourth-order valence-corrected chi connectivity index (χ4v) is 2.63. The molecule has 1 aromatic carbocycles. The number of nitrogens with one attached hydrogen (secondary N) is 1. The molecule has 1 heterocycles. The first kappa shape index (κ1) is 25.6. The van der Waals surface area contributed by atoms with Gasteiger partial charge in [-0.15, -0.1) is 24.8 Å². The lowest BCUT2D eigenvalue weighted by Crippen LogP contribution is -2.56. The first-order valence-corrected chi connectivity index (χ1v) is 8.49. The van der Waals surface area contributed by atoms with Crippen LogP contribution in [-0.2, 0) is 9.59 Å². The molecule has 0 spiro atoms. The van der Waals surface area contributed by atoms with Gasteiger partial charge in [0.05, 0.1) is 12.6 Å². The first-order valence-electron chi connectivity index (χ1n) is 8.49. The van der Waals surface area contributed by atoms with E-state index in [-0.39, 0.29) is 54.4 Å². The zero-order chi connectivity index (χ0) is 18.6. The van der Waals surface area contributed by atoms with Gasteiger partial charge in [0.25, 0.3) is 0 Å². The lowest BCUT2D eigenvalue weighted by Gasteiger charge is -2.37. The lowest BCUT2D eigenvalue weighted by molar-refractivity contribution is -0.136. The Morgan fingerprint density at radius 2 is 1.63 bits per heavy atom. The molecule has 0 aromatic heterocycles. The summed E-state index contributed by atoms with van der Waals surface area (Å²) in [6.45, 7) is 8.46. The smallest absolute Gasteiger partial charge is 0.240 e. The van der Waals surface area contributed by atoms with Gasteiger partial charge in [0.15, 0.2) is 0 Å². The van der Waals surface area contributed by atoms with Crippen molar-refractivity contribution in [3.8, 4) is 0 Å². The molecule has 0 unspecified atom stereocenters. The molecule has 2 amide bonds. The van der Waals surface area contributed by atoms with Gasteiger partial charge < -0.3 is 16.0 Å². The Kier molecular flexibility index (Phi) is 10.2. The molecule has 1 aliphatic rings. The summed E-state index contributed by atoms with van der Waals surface area (Å²) >= 11 is 0. The highest BCUT2D eigenvalue weighted by atomic mass is 35.5. The highest BCUT2D eigenvalue weighted by Gasteiger charge is 2.32. The van der Waals surface area contributed by atoms with Crippen LogP contribution in [-0.4, -0.2) is 60.4 Å². The Morgan fingerprint density at radius 3 is 2.11 bits per heavy atom. The SMILES string of the molecule is CC(C)(C)[C@H](N)C(=O)N1CCN(CC(=O)Nc2ccc(F)cc2)CC1.Cl.Cl. The van der Waals surface area contributed by atoms with Gasteiger partial charge in [0, 0.05) is 31.9 Å². The molecule has 9 heteroatoms. The third-order valence-corrected chi connectivity index (χ3v) is 4.38. The number of carbonyl (C=O) groups excluding carboxylic acids is 2. The van der Waals surface area contributed by atoms with Gasteiger partial charge in [-0.05, 0) is 29.7 Å². The number of nitrogens with two attached hydrogens (primary N) is 1. The van der Waals surface area contributed by atoms with Gasteiger partial charge in [0.2, 0.25) is 11.8 Å². The molecule has 0 aliphatic carbocycles. The fraction of sp³-hybridized carbons (Fsp3) is 0.556. The highest BCUT2D eigenvalue weighted by molar-refractivity contribution is 5.92. The second-order valence-electron chi connectivity index (χ2n) is 7.50. The van der Waals surface area contributed by atoms with Crippen LogP contribution >= 0.6 is 24.8 Å². The minimum Gasteiger partial charge on any atom is -0.339 e. The monoisotopic (exact) mass is 422 g/mol. The van der Waals surface area contributed by atoms with Gasteiger partial charge in [0.1, 0.15) is 5.82 Å². The van der Waals surface area contributed by atoms with Crippen LogP contribution in [0.2, 0.25) is 0 Å². The van der Waals surface area contributed by atoms with Crippen LogP contribution in [0.3, 0.4) is 0 Å². The molecular weight excluding hydrogens is 394 g/mol. The topological polar surface area (TPSA) is 78.7 Å². The fourth-order valence-electron chi connectivity index (χ4n) is 2.63. The molecule has 0 saturated carbocycles. The summed E-state index contributed by atoms with van der Waals surface area (Å²) in [5.41, 5.74) is 6.33. The zero-order valence-electron chi connectivity index (χ0n) is 15.9. The standard InChI is InChI=1S/C18H27FN4O2.2ClH/c1-18(2,3)16(20)17(25)23-10-8-22(9-11-23)12-15(24)21-14-6-4-13(19)5-7-14;;/h4-7,16H,8-12,20H2,1-3H3,(H,21,24);2*1H/t16-;;/m1../s1. The number of anilines is 1. The quantitative estimate of drug-likeness (QED) is 0.778. The molecule has 1 fully saturated rings. The lowest BCUT2D eigenvalue weighted by atomic mass is 9.86. The molecule has 0 radical (unpaired) electrons. The van der Waals surface area contributed by atoms with Crippen LogP contribution in [0.1, 0.15) is 20.8 Å². The number of piperazine rings is 1. The van der Waals surface area contributed by atoms with Crippen LogP contribution in [0, 0.1) is 11.2 Å². The molecule has 1 aromatic rings.